The molecular formula is C17H27NO6. The molecule has 0 radical (unpaired) electrons. The SMILES string of the molecule is C=C(C)C(=O)OCCNC(=O)C(=O)CCC(=O)OC(C)(C)C(C)C. The highest BCUT2D eigenvalue weighted by Crippen LogP contribution is 2.21. The third-order valence-electron chi connectivity index (χ3n) is 3.55. The Labute approximate surface area is 142 Å². The Morgan fingerprint density at radius 2 is 1.71 bits per heavy atom. The Morgan fingerprint density at radius 1 is 1.12 bits per heavy atom. The molecule has 1 amide bonds. The lowest BCUT2D eigenvalue weighted by Gasteiger charge is -2.29. The summed E-state index contributed by atoms with van der Waals surface area (Å²) in [7, 11) is 0. The molecule has 0 aromatic rings. The molecule has 7 heteroatoms. The lowest BCUT2D eigenvalue weighted by molar-refractivity contribution is -0.161. The summed E-state index contributed by atoms with van der Waals surface area (Å²) >= 11 is 0. The van der Waals surface area contributed by atoms with Crippen molar-refractivity contribution in [2.75, 3.05) is 13.2 Å². The number of esters is 2. The standard InChI is InChI=1S/C17H27NO6/c1-11(2)16(22)23-10-9-18-15(21)13(19)7-8-14(20)24-17(5,6)12(3)4/h12H,1,7-10H2,2-6H3,(H,18,21). The molecule has 0 fully saturated rings. The molecule has 0 atom stereocenters. The Balaban J connectivity index is 4.07. The first-order valence-electron chi connectivity index (χ1n) is 7.83. The Hall–Kier alpha value is -2.18. The van der Waals surface area contributed by atoms with Crippen LogP contribution in [0.3, 0.4) is 0 Å². The van der Waals surface area contributed by atoms with Crippen LogP contribution in [0.1, 0.15) is 47.5 Å². The lowest BCUT2D eigenvalue weighted by Crippen LogP contribution is -2.35. The molecule has 0 spiro atoms. The van der Waals surface area contributed by atoms with Gasteiger partial charge in [0, 0.05) is 12.0 Å². The maximum atomic E-state index is 11.7. The lowest BCUT2D eigenvalue weighted by atomic mass is 9.94. The van der Waals surface area contributed by atoms with Crippen LogP contribution < -0.4 is 5.32 Å². The van der Waals surface area contributed by atoms with Crippen LogP contribution in [0.5, 0.6) is 0 Å². The predicted molar refractivity (Wildman–Crippen MR) is 88.0 cm³/mol. The minimum Gasteiger partial charge on any atom is -0.460 e. The molecule has 0 aromatic heterocycles. The molecule has 7 nitrogen and oxygen atoms in total. The molecule has 0 heterocycles. The minimum absolute atomic E-state index is 0.00835. The fourth-order valence-electron chi connectivity index (χ4n) is 1.32. The average molecular weight is 341 g/mol. The number of rotatable bonds is 10. The van der Waals surface area contributed by atoms with Crippen molar-refractivity contribution in [3.8, 4) is 0 Å². The summed E-state index contributed by atoms with van der Waals surface area (Å²) in [6, 6.07) is 0. The second-order valence-corrected chi connectivity index (χ2v) is 6.33. The number of nitrogens with one attached hydrogen (secondary N) is 1. The van der Waals surface area contributed by atoms with Crippen LogP contribution in [0.15, 0.2) is 12.2 Å². The zero-order valence-corrected chi connectivity index (χ0v) is 15.1. The number of hydrogen-bond donors (Lipinski definition) is 1. The molecule has 0 aliphatic carbocycles. The van der Waals surface area contributed by atoms with Gasteiger partial charge < -0.3 is 14.8 Å². The van der Waals surface area contributed by atoms with E-state index in [0.29, 0.717) is 0 Å². The first-order chi connectivity index (χ1) is 11.0. The summed E-state index contributed by atoms with van der Waals surface area (Å²) in [6.07, 6.45) is -0.391. The number of Topliss-reactive ketones (excluding diaryl/α,β-unsaturated/α-hetero) is 1. The van der Waals surface area contributed by atoms with Gasteiger partial charge in [0.05, 0.1) is 13.0 Å². The molecule has 0 saturated heterocycles. The van der Waals surface area contributed by atoms with Gasteiger partial charge in [-0.1, -0.05) is 20.4 Å². The Kier molecular flexibility index (Phi) is 8.95. The highest BCUT2D eigenvalue weighted by Gasteiger charge is 2.27. The third kappa shape index (κ3) is 8.45. The van der Waals surface area contributed by atoms with Crippen LogP contribution in [-0.2, 0) is 28.7 Å². The molecule has 0 unspecified atom stereocenters. The van der Waals surface area contributed by atoms with Crippen molar-refractivity contribution in [1.82, 2.24) is 5.32 Å². The van der Waals surface area contributed by atoms with Gasteiger partial charge in [-0.3, -0.25) is 14.4 Å². The van der Waals surface area contributed by atoms with E-state index in [1.54, 1.807) is 13.8 Å². The summed E-state index contributed by atoms with van der Waals surface area (Å²) < 4.78 is 10.1. The molecule has 0 rings (SSSR count). The summed E-state index contributed by atoms with van der Waals surface area (Å²) in [5, 5.41) is 2.32. The molecule has 0 bridgehead atoms. The summed E-state index contributed by atoms with van der Waals surface area (Å²) in [5.41, 5.74) is -0.379. The molecule has 24 heavy (non-hydrogen) atoms. The van der Waals surface area contributed by atoms with Crippen molar-refractivity contribution in [3.63, 3.8) is 0 Å². The molecule has 1 N–H and O–H groups in total. The van der Waals surface area contributed by atoms with Gasteiger partial charge in [0.1, 0.15) is 12.2 Å². The normalized spacial score (nSPS) is 10.9. The van der Waals surface area contributed by atoms with E-state index in [0.717, 1.165) is 0 Å². The number of ether oxygens (including phenoxy) is 2. The van der Waals surface area contributed by atoms with E-state index in [-0.39, 0.29) is 37.5 Å². The molecule has 136 valence electrons. The van der Waals surface area contributed by atoms with E-state index >= 15 is 0 Å². The van der Waals surface area contributed by atoms with E-state index < -0.39 is 29.2 Å². The number of ketones is 1. The third-order valence-corrected chi connectivity index (χ3v) is 3.55. The molecule has 0 aromatic carbocycles. The zero-order chi connectivity index (χ0) is 18.9. The first-order valence-corrected chi connectivity index (χ1v) is 7.83. The average Bonchev–Trinajstić information content (AvgIpc) is 2.47. The van der Waals surface area contributed by atoms with Crippen LogP contribution in [0.2, 0.25) is 0 Å². The topological polar surface area (TPSA) is 98.8 Å². The predicted octanol–water partition coefficient (Wildman–Crippen LogP) is 1.55. The highest BCUT2D eigenvalue weighted by molar-refractivity contribution is 6.36. The number of amides is 1. The van der Waals surface area contributed by atoms with Crippen LogP contribution >= 0.6 is 0 Å². The van der Waals surface area contributed by atoms with E-state index in [9.17, 15) is 19.2 Å². The van der Waals surface area contributed by atoms with E-state index in [1.807, 2.05) is 13.8 Å². The fraction of sp³-hybridized carbons (Fsp3) is 0.647. The second kappa shape index (κ2) is 9.85. The van der Waals surface area contributed by atoms with Crippen molar-refractivity contribution in [2.24, 2.45) is 5.92 Å². The maximum absolute atomic E-state index is 11.7. The van der Waals surface area contributed by atoms with Crippen molar-refractivity contribution in [1.29, 1.82) is 0 Å². The van der Waals surface area contributed by atoms with Crippen LogP contribution in [0.25, 0.3) is 0 Å². The molecule has 0 aliphatic heterocycles. The van der Waals surface area contributed by atoms with Crippen molar-refractivity contribution in [2.45, 2.75) is 53.1 Å². The first kappa shape index (κ1) is 21.8. The zero-order valence-electron chi connectivity index (χ0n) is 15.1. The van der Waals surface area contributed by atoms with Crippen molar-refractivity contribution >= 4 is 23.6 Å². The summed E-state index contributed by atoms with van der Waals surface area (Å²) in [4.78, 5) is 46.0. The largest absolute Gasteiger partial charge is 0.460 e. The van der Waals surface area contributed by atoms with Gasteiger partial charge in [0.15, 0.2) is 0 Å². The smallest absolute Gasteiger partial charge is 0.333 e. The number of carbonyl (C=O) groups is 4. The number of carbonyl (C=O) groups excluding carboxylic acids is 4. The van der Waals surface area contributed by atoms with Gasteiger partial charge in [-0.25, -0.2) is 4.79 Å². The summed E-state index contributed by atoms with van der Waals surface area (Å²) in [5.74, 6) is -2.50. The Morgan fingerprint density at radius 3 is 2.21 bits per heavy atom. The molecule has 0 saturated carbocycles. The van der Waals surface area contributed by atoms with Gasteiger partial charge in [-0.2, -0.15) is 0 Å². The Bertz CT molecular complexity index is 507. The van der Waals surface area contributed by atoms with Crippen LogP contribution in [0.4, 0.5) is 0 Å². The highest BCUT2D eigenvalue weighted by atomic mass is 16.6. The van der Waals surface area contributed by atoms with Gasteiger partial charge in [0.2, 0.25) is 5.78 Å². The van der Waals surface area contributed by atoms with E-state index in [2.05, 4.69) is 11.9 Å². The molecular weight excluding hydrogens is 314 g/mol. The second-order valence-electron chi connectivity index (χ2n) is 6.33. The fourth-order valence-corrected chi connectivity index (χ4v) is 1.32. The van der Waals surface area contributed by atoms with Crippen molar-refractivity contribution in [3.05, 3.63) is 12.2 Å². The van der Waals surface area contributed by atoms with Gasteiger partial charge in [0.25, 0.3) is 5.91 Å². The van der Waals surface area contributed by atoms with Crippen molar-refractivity contribution < 1.29 is 28.7 Å². The minimum atomic E-state index is -0.822. The van der Waals surface area contributed by atoms with E-state index in [1.165, 1.54) is 6.92 Å². The monoisotopic (exact) mass is 341 g/mol. The van der Waals surface area contributed by atoms with Gasteiger partial charge >= 0.3 is 11.9 Å². The maximum Gasteiger partial charge on any atom is 0.333 e. The quantitative estimate of drug-likeness (QED) is 0.280. The summed E-state index contributed by atoms with van der Waals surface area (Å²) in [6.45, 7) is 12.3. The van der Waals surface area contributed by atoms with Crippen LogP contribution in [0, 0.1) is 5.92 Å². The molecule has 0 aliphatic rings. The van der Waals surface area contributed by atoms with Gasteiger partial charge in [-0.15, -0.1) is 0 Å². The van der Waals surface area contributed by atoms with Crippen LogP contribution in [-0.4, -0.2) is 42.4 Å². The number of hydrogen-bond acceptors (Lipinski definition) is 6. The van der Waals surface area contributed by atoms with Gasteiger partial charge in [-0.05, 0) is 26.7 Å². The van der Waals surface area contributed by atoms with E-state index in [4.69, 9.17) is 9.47 Å².